The molecule has 0 aliphatic carbocycles. The summed E-state index contributed by atoms with van der Waals surface area (Å²) in [6, 6.07) is 6.69. The minimum absolute atomic E-state index is 0.0713. The van der Waals surface area contributed by atoms with Crippen LogP contribution in [-0.4, -0.2) is 55.7 Å². The molecule has 1 amide bonds. The summed E-state index contributed by atoms with van der Waals surface area (Å²) in [4.78, 5) is 25.6. The van der Waals surface area contributed by atoms with Gasteiger partial charge in [0.25, 0.3) is 0 Å². The molecule has 1 aromatic carbocycles. The van der Waals surface area contributed by atoms with Gasteiger partial charge in [-0.2, -0.15) is 0 Å². The fourth-order valence-corrected chi connectivity index (χ4v) is 2.34. The smallest absolute Gasteiger partial charge is 0.338 e. The molecule has 1 aliphatic rings. The van der Waals surface area contributed by atoms with Crippen molar-refractivity contribution in [3.05, 3.63) is 29.8 Å². The number of hydrogen-bond donors (Lipinski definition) is 1. The molecule has 6 nitrogen and oxygen atoms in total. The summed E-state index contributed by atoms with van der Waals surface area (Å²) in [5.41, 5.74) is 1.14. The van der Waals surface area contributed by atoms with E-state index in [-0.39, 0.29) is 18.0 Å². The van der Waals surface area contributed by atoms with Gasteiger partial charge < -0.3 is 14.8 Å². The second kappa shape index (κ2) is 7.91. The average molecular weight is 306 g/mol. The molecule has 1 aliphatic heterocycles. The predicted octanol–water partition coefficient (Wildman–Crippen LogP) is 1.52. The number of amides is 1. The fourth-order valence-electron chi connectivity index (χ4n) is 2.34. The van der Waals surface area contributed by atoms with Crippen molar-refractivity contribution in [1.82, 2.24) is 4.90 Å². The topological polar surface area (TPSA) is 67.9 Å². The third-order valence-electron chi connectivity index (χ3n) is 3.37. The number of carbonyl (C=O) groups is 2. The van der Waals surface area contributed by atoms with Crippen LogP contribution in [0.15, 0.2) is 24.3 Å². The Morgan fingerprint density at radius 1 is 1.36 bits per heavy atom. The minimum Gasteiger partial charge on any atom is -0.462 e. The first kappa shape index (κ1) is 16.5. The third-order valence-corrected chi connectivity index (χ3v) is 3.37. The molecule has 1 unspecified atom stereocenters. The lowest BCUT2D eigenvalue weighted by Crippen LogP contribution is -2.44. The zero-order valence-electron chi connectivity index (χ0n) is 13.0. The molecule has 0 saturated carbocycles. The normalized spacial score (nSPS) is 18.7. The van der Waals surface area contributed by atoms with Crippen LogP contribution in [0.2, 0.25) is 0 Å². The Labute approximate surface area is 130 Å². The van der Waals surface area contributed by atoms with Crippen molar-refractivity contribution in [2.75, 3.05) is 38.2 Å². The van der Waals surface area contributed by atoms with E-state index in [9.17, 15) is 9.59 Å². The third kappa shape index (κ3) is 4.82. The summed E-state index contributed by atoms with van der Waals surface area (Å²) in [6.45, 7) is 6.62. The number of hydrogen-bond acceptors (Lipinski definition) is 5. The predicted molar refractivity (Wildman–Crippen MR) is 82.9 cm³/mol. The van der Waals surface area contributed by atoms with Crippen LogP contribution in [0, 0.1) is 0 Å². The summed E-state index contributed by atoms with van der Waals surface area (Å²) in [7, 11) is 0. The van der Waals surface area contributed by atoms with Crippen LogP contribution in [0.4, 0.5) is 5.69 Å². The molecule has 0 spiro atoms. The monoisotopic (exact) mass is 306 g/mol. The molecule has 1 aromatic rings. The highest BCUT2D eigenvalue weighted by Crippen LogP contribution is 2.11. The molecular formula is C16H22N2O4. The van der Waals surface area contributed by atoms with Crippen molar-refractivity contribution in [2.24, 2.45) is 0 Å². The number of anilines is 1. The minimum atomic E-state index is -0.359. The van der Waals surface area contributed by atoms with E-state index in [2.05, 4.69) is 10.2 Å². The van der Waals surface area contributed by atoms with Crippen molar-refractivity contribution in [3.63, 3.8) is 0 Å². The number of ether oxygens (including phenoxy) is 2. The lowest BCUT2D eigenvalue weighted by molar-refractivity contribution is -0.119. The van der Waals surface area contributed by atoms with E-state index in [1.807, 2.05) is 6.92 Å². The SMILES string of the molecule is CCOC(=O)c1ccc(NC(=O)CN2CCOC(C)C2)cc1. The van der Waals surface area contributed by atoms with Crippen LogP contribution in [0.1, 0.15) is 24.2 Å². The maximum absolute atomic E-state index is 12.0. The van der Waals surface area contributed by atoms with E-state index in [1.54, 1.807) is 31.2 Å². The summed E-state index contributed by atoms with van der Waals surface area (Å²) < 4.78 is 10.4. The van der Waals surface area contributed by atoms with E-state index in [0.717, 1.165) is 13.1 Å². The largest absolute Gasteiger partial charge is 0.462 e. The molecule has 1 atom stereocenters. The van der Waals surface area contributed by atoms with E-state index >= 15 is 0 Å². The quantitative estimate of drug-likeness (QED) is 0.836. The van der Waals surface area contributed by atoms with E-state index < -0.39 is 0 Å². The van der Waals surface area contributed by atoms with Gasteiger partial charge in [0.05, 0.1) is 31.4 Å². The van der Waals surface area contributed by atoms with Crippen LogP contribution in [0.3, 0.4) is 0 Å². The molecule has 1 heterocycles. The maximum atomic E-state index is 12.0. The highest BCUT2D eigenvalue weighted by molar-refractivity contribution is 5.94. The number of nitrogens with zero attached hydrogens (tertiary/aromatic N) is 1. The molecule has 22 heavy (non-hydrogen) atoms. The highest BCUT2D eigenvalue weighted by atomic mass is 16.5. The Balaban J connectivity index is 1.85. The molecular weight excluding hydrogens is 284 g/mol. The van der Waals surface area contributed by atoms with Crippen molar-refractivity contribution in [3.8, 4) is 0 Å². The Bertz CT molecular complexity index is 515. The summed E-state index contributed by atoms with van der Waals surface area (Å²) >= 11 is 0. The van der Waals surface area contributed by atoms with Crippen molar-refractivity contribution in [1.29, 1.82) is 0 Å². The summed E-state index contributed by atoms with van der Waals surface area (Å²) in [6.07, 6.45) is 0.158. The van der Waals surface area contributed by atoms with Crippen molar-refractivity contribution < 1.29 is 19.1 Å². The number of benzene rings is 1. The number of morpholine rings is 1. The number of esters is 1. The Morgan fingerprint density at radius 2 is 2.09 bits per heavy atom. The molecule has 1 saturated heterocycles. The molecule has 1 N–H and O–H groups in total. The Hall–Kier alpha value is -1.92. The van der Waals surface area contributed by atoms with E-state index in [4.69, 9.17) is 9.47 Å². The lowest BCUT2D eigenvalue weighted by atomic mass is 10.2. The van der Waals surface area contributed by atoms with Gasteiger partial charge in [-0.15, -0.1) is 0 Å². The molecule has 0 bridgehead atoms. The van der Waals surface area contributed by atoms with Gasteiger partial charge in [0, 0.05) is 18.8 Å². The first-order valence-electron chi connectivity index (χ1n) is 7.49. The number of rotatable bonds is 5. The Kier molecular flexibility index (Phi) is 5.91. The van der Waals surface area contributed by atoms with Gasteiger partial charge >= 0.3 is 5.97 Å². The maximum Gasteiger partial charge on any atom is 0.338 e. The van der Waals surface area contributed by atoms with Gasteiger partial charge in [0.15, 0.2) is 0 Å². The van der Waals surface area contributed by atoms with Crippen LogP contribution in [0.25, 0.3) is 0 Å². The standard InChI is InChI=1S/C16H22N2O4/c1-3-21-16(20)13-4-6-14(7-5-13)17-15(19)11-18-8-9-22-12(2)10-18/h4-7,12H,3,8-11H2,1-2H3,(H,17,19). The summed E-state index contributed by atoms with van der Waals surface area (Å²) in [5.74, 6) is -0.430. The highest BCUT2D eigenvalue weighted by Gasteiger charge is 2.18. The average Bonchev–Trinajstić information content (AvgIpc) is 2.48. The molecule has 6 heteroatoms. The first-order chi connectivity index (χ1) is 10.6. The van der Waals surface area contributed by atoms with Crippen molar-refractivity contribution >= 4 is 17.6 Å². The zero-order chi connectivity index (χ0) is 15.9. The molecule has 1 fully saturated rings. The van der Waals surface area contributed by atoms with E-state index in [0.29, 0.717) is 31.0 Å². The molecule has 120 valence electrons. The second-order valence-corrected chi connectivity index (χ2v) is 5.26. The molecule has 0 radical (unpaired) electrons. The molecule has 0 aromatic heterocycles. The fraction of sp³-hybridized carbons (Fsp3) is 0.500. The van der Waals surface area contributed by atoms with Gasteiger partial charge in [-0.3, -0.25) is 9.69 Å². The second-order valence-electron chi connectivity index (χ2n) is 5.26. The Morgan fingerprint density at radius 3 is 2.73 bits per heavy atom. The van der Waals surface area contributed by atoms with Gasteiger partial charge in [-0.1, -0.05) is 0 Å². The summed E-state index contributed by atoms with van der Waals surface area (Å²) in [5, 5.41) is 2.83. The lowest BCUT2D eigenvalue weighted by Gasteiger charge is -2.30. The van der Waals surface area contributed by atoms with Crippen LogP contribution in [0.5, 0.6) is 0 Å². The van der Waals surface area contributed by atoms with Crippen LogP contribution in [-0.2, 0) is 14.3 Å². The van der Waals surface area contributed by atoms with Crippen LogP contribution < -0.4 is 5.32 Å². The molecule has 2 rings (SSSR count). The van der Waals surface area contributed by atoms with Gasteiger partial charge in [0.2, 0.25) is 5.91 Å². The number of nitrogens with one attached hydrogen (secondary N) is 1. The zero-order valence-corrected chi connectivity index (χ0v) is 13.0. The first-order valence-corrected chi connectivity index (χ1v) is 7.49. The van der Waals surface area contributed by atoms with Crippen LogP contribution >= 0.6 is 0 Å². The van der Waals surface area contributed by atoms with Gasteiger partial charge in [-0.25, -0.2) is 4.79 Å². The van der Waals surface area contributed by atoms with E-state index in [1.165, 1.54) is 0 Å². The van der Waals surface area contributed by atoms with Gasteiger partial charge in [-0.05, 0) is 38.1 Å². The van der Waals surface area contributed by atoms with Crippen molar-refractivity contribution in [2.45, 2.75) is 20.0 Å². The number of carbonyl (C=O) groups excluding carboxylic acids is 2. The van der Waals surface area contributed by atoms with Gasteiger partial charge in [0.1, 0.15) is 0 Å².